The fraction of sp³-hybridized carbons (Fsp3) is 0.235. The van der Waals surface area contributed by atoms with Gasteiger partial charge in [0, 0.05) is 6.54 Å². The van der Waals surface area contributed by atoms with Crippen LogP contribution in [0.4, 0.5) is 5.69 Å². The number of carbonyl (C=O) groups is 1. The van der Waals surface area contributed by atoms with E-state index in [-0.39, 0.29) is 24.0 Å². The van der Waals surface area contributed by atoms with Crippen LogP contribution in [0, 0.1) is 17.0 Å². The Kier molecular flexibility index (Phi) is 5.73. The monoisotopic (exact) mass is 330 g/mol. The molecular formula is C17H18N2O5. The van der Waals surface area contributed by atoms with Gasteiger partial charge < -0.3 is 14.8 Å². The molecule has 0 radical (unpaired) electrons. The lowest BCUT2D eigenvalue weighted by Crippen LogP contribution is -2.28. The number of amides is 1. The minimum absolute atomic E-state index is 0.0202. The standard InChI is InChI=1S/C17H18N2O5/c1-12-5-3-4-6-13(12)10-18-17(20)11-24-16-8-7-14(23-2)9-15(16)19(21)22/h3-9H,10-11H2,1-2H3,(H,18,20). The average molecular weight is 330 g/mol. The second-order valence-electron chi connectivity index (χ2n) is 5.08. The number of nitro groups is 1. The van der Waals surface area contributed by atoms with E-state index in [0.29, 0.717) is 12.3 Å². The molecule has 0 aliphatic carbocycles. The van der Waals surface area contributed by atoms with E-state index in [4.69, 9.17) is 9.47 Å². The first kappa shape index (κ1) is 17.3. The second kappa shape index (κ2) is 7.96. The Morgan fingerprint density at radius 3 is 2.67 bits per heavy atom. The highest BCUT2D eigenvalue weighted by Crippen LogP contribution is 2.30. The van der Waals surface area contributed by atoms with Crippen molar-refractivity contribution in [3.8, 4) is 11.5 Å². The van der Waals surface area contributed by atoms with Gasteiger partial charge in [-0.05, 0) is 30.2 Å². The molecule has 0 spiro atoms. The Morgan fingerprint density at radius 2 is 2.00 bits per heavy atom. The molecule has 2 aromatic carbocycles. The van der Waals surface area contributed by atoms with Gasteiger partial charge in [0.25, 0.3) is 5.91 Å². The first-order valence-electron chi connectivity index (χ1n) is 7.27. The van der Waals surface area contributed by atoms with Crippen LogP contribution in [-0.2, 0) is 11.3 Å². The maximum absolute atomic E-state index is 11.9. The number of hydrogen-bond donors (Lipinski definition) is 1. The molecule has 0 saturated carbocycles. The lowest BCUT2D eigenvalue weighted by molar-refractivity contribution is -0.385. The van der Waals surface area contributed by atoms with E-state index in [2.05, 4.69) is 5.32 Å². The van der Waals surface area contributed by atoms with E-state index in [9.17, 15) is 14.9 Å². The maximum Gasteiger partial charge on any atom is 0.314 e. The van der Waals surface area contributed by atoms with Crippen LogP contribution >= 0.6 is 0 Å². The molecule has 2 aromatic rings. The summed E-state index contributed by atoms with van der Waals surface area (Å²) < 4.78 is 10.2. The summed E-state index contributed by atoms with van der Waals surface area (Å²) in [5.74, 6) is 0.00765. The summed E-state index contributed by atoms with van der Waals surface area (Å²) in [4.78, 5) is 22.3. The van der Waals surface area contributed by atoms with E-state index < -0.39 is 4.92 Å². The van der Waals surface area contributed by atoms with Crippen molar-refractivity contribution in [2.24, 2.45) is 0 Å². The Hall–Kier alpha value is -3.09. The van der Waals surface area contributed by atoms with Crippen molar-refractivity contribution in [1.82, 2.24) is 5.32 Å². The zero-order valence-corrected chi connectivity index (χ0v) is 13.4. The molecule has 1 N–H and O–H groups in total. The summed E-state index contributed by atoms with van der Waals surface area (Å²) in [6.45, 7) is 2.03. The molecule has 24 heavy (non-hydrogen) atoms. The lowest BCUT2D eigenvalue weighted by Gasteiger charge is -2.10. The number of aryl methyl sites for hydroxylation is 1. The van der Waals surface area contributed by atoms with Crippen molar-refractivity contribution in [2.75, 3.05) is 13.7 Å². The third kappa shape index (κ3) is 4.45. The van der Waals surface area contributed by atoms with Crippen molar-refractivity contribution in [2.45, 2.75) is 13.5 Å². The van der Waals surface area contributed by atoms with E-state index in [1.54, 1.807) is 0 Å². The van der Waals surface area contributed by atoms with Gasteiger partial charge in [-0.3, -0.25) is 14.9 Å². The fourth-order valence-corrected chi connectivity index (χ4v) is 2.09. The predicted molar refractivity (Wildman–Crippen MR) is 88.2 cm³/mol. The van der Waals surface area contributed by atoms with Gasteiger partial charge in [0.2, 0.25) is 0 Å². The van der Waals surface area contributed by atoms with E-state index in [1.807, 2.05) is 31.2 Å². The summed E-state index contributed by atoms with van der Waals surface area (Å²) in [6.07, 6.45) is 0. The molecule has 0 bridgehead atoms. The zero-order valence-electron chi connectivity index (χ0n) is 13.4. The largest absolute Gasteiger partial charge is 0.496 e. The van der Waals surface area contributed by atoms with E-state index in [0.717, 1.165) is 11.1 Å². The molecule has 0 aromatic heterocycles. The highest BCUT2D eigenvalue weighted by Gasteiger charge is 2.17. The predicted octanol–water partition coefficient (Wildman–Crippen LogP) is 2.61. The van der Waals surface area contributed by atoms with Crippen molar-refractivity contribution in [1.29, 1.82) is 0 Å². The molecule has 0 aliphatic heterocycles. The summed E-state index contributed by atoms with van der Waals surface area (Å²) in [7, 11) is 1.42. The highest BCUT2D eigenvalue weighted by atomic mass is 16.6. The van der Waals surface area contributed by atoms with E-state index >= 15 is 0 Å². The molecule has 7 nitrogen and oxygen atoms in total. The Bertz CT molecular complexity index is 746. The van der Waals surface area contributed by atoms with Gasteiger partial charge in [-0.1, -0.05) is 24.3 Å². The topological polar surface area (TPSA) is 90.7 Å². The van der Waals surface area contributed by atoms with Gasteiger partial charge in [0.15, 0.2) is 12.4 Å². The maximum atomic E-state index is 11.9. The number of hydrogen-bond acceptors (Lipinski definition) is 5. The van der Waals surface area contributed by atoms with Crippen LogP contribution < -0.4 is 14.8 Å². The SMILES string of the molecule is COc1ccc(OCC(=O)NCc2ccccc2C)c([N+](=O)[O-])c1. The van der Waals surface area contributed by atoms with Crippen molar-refractivity contribution >= 4 is 11.6 Å². The molecule has 1 amide bonds. The smallest absolute Gasteiger partial charge is 0.314 e. The molecule has 0 heterocycles. The summed E-state index contributed by atoms with van der Waals surface area (Å²) in [6, 6.07) is 11.9. The van der Waals surface area contributed by atoms with Crippen LogP contribution in [-0.4, -0.2) is 24.5 Å². The minimum atomic E-state index is -0.580. The molecule has 0 unspecified atom stereocenters. The first-order valence-corrected chi connectivity index (χ1v) is 7.27. The Balaban J connectivity index is 1.94. The molecule has 0 aliphatic rings. The van der Waals surface area contributed by atoms with Crippen LogP contribution in [0.5, 0.6) is 11.5 Å². The zero-order chi connectivity index (χ0) is 17.5. The summed E-state index contributed by atoms with van der Waals surface area (Å²) in [5.41, 5.74) is 1.83. The van der Waals surface area contributed by atoms with Gasteiger partial charge in [-0.25, -0.2) is 0 Å². The fourth-order valence-electron chi connectivity index (χ4n) is 2.09. The second-order valence-corrected chi connectivity index (χ2v) is 5.08. The third-order valence-corrected chi connectivity index (χ3v) is 3.46. The number of nitrogens with one attached hydrogen (secondary N) is 1. The summed E-state index contributed by atoms with van der Waals surface area (Å²) in [5, 5.41) is 13.8. The molecule has 0 fully saturated rings. The van der Waals surface area contributed by atoms with Gasteiger partial charge in [-0.15, -0.1) is 0 Å². The van der Waals surface area contributed by atoms with Crippen LogP contribution in [0.2, 0.25) is 0 Å². The van der Waals surface area contributed by atoms with Gasteiger partial charge in [-0.2, -0.15) is 0 Å². The van der Waals surface area contributed by atoms with Crippen molar-refractivity contribution < 1.29 is 19.2 Å². The number of nitrogens with zero attached hydrogens (tertiary/aromatic N) is 1. The number of methoxy groups -OCH3 is 1. The van der Waals surface area contributed by atoms with Crippen molar-refractivity contribution in [3.63, 3.8) is 0 Å². The van der Waals surface area contributed by atoms with Crippen LogP contribution in [0.1, 0.15) is 11.1 Å². The lowest BCUT2D eigenvalue weighted by atomic mass is 10.1. The Labute approximate surface area is 139 Å². The van der Waals surface area contributed by atoms with Crippen LogP contribution in [0.25, 0.3) is 0 Å². The number of benzene rings is 2. The van der Waals surface area contributed by atoms with Gasteiger partial charge in [0.05, 0.1) is 18.1 Å². The highest BCUT2D eigenvalue weighted by molar-refractivity contribution is 5.77. The minimum Gasteiger partial charge on any atom is -0.496 e. The van der Waals surface area contributed by atoms with E-state index in [1.165, 1.54) is 25.3 Å². The third-order valence-electron chi connectivity index (χ3n) is 3.46. The number of rotatable bonds is 7. The normalized spacial score (nSPS) is 10.1. The molecule has 0 atom stereocenters. The Morgan fingerprint density at radius 1 is 1.25 bits per heavy atom. The van der Waals surface area contributed by atoms with Crippen LogP contribution in [0.15, 0.2) is 42.5 Å². The van der Waals surface area contributed by atoms with Crippen LogP contribution in [0.3, 0.4) is 0 Å². The number of carbonyl (C=O) groups excluding carboxylic acids is 1. The average Bonchev–Trinajstić information content (AvgIpc) is 2.59. The molecule has 7 heteroatoms. The number of ether oxygens (including phenoxy) is 2. The van der Waals surface area contributed by atoms with Crippen molar-refractivity contribution in [3.05, 3.63) is 63.7 Å². The summed E-state index contributed by atoms with van der Waals surface area (Å²) >= 11 is 0. The quantitative estimate of drug-likeness (QED) is 0.622. The number of nitro benzene ring substituents is 1. The van der Waals surface area contributed by atoms with Gasteiger partial charge in [0.1, 0.15) is 5.75 Å². The first-order chi connectivity index (χ1) is 11.5. The van der Waals surface area contributed by atoms with Gasteiger partial charge >= 0.3 is 5.69 Å². The molecule has 126 valence electrons. The molecule has 0 saturated heterocycles. The molecule has 2 rings (SSSR count). The molecular weight excluding hydrogens is 312 g/mol.